The van der Waals surface area contributed by atoms with Gasteiger partial charge in [0.2, 0.25) is 0 Å². The standard InChI is InChI=1S/C20H23FN2O3/c21-17-12-16(18(24)13-19(17)25)15-7-10-23(11-8-15)20(26)22-9-6-14-4-2-1-3-5-14/h1-5,12-13,15,24-25H,6-11H2,(H,22,26). The summed E-state index contributed by atoms with van der Waals surface area (Å²) in [4.78, 5) is 14.0. The number of aromatic hydroxyl groups is 2. The number of phenols is 2. The van der Waals surface area contributed by atoms with Crippen LogP contribution >= 0.6 is 0 Å². The van der Waals surface area contributed by atoms with Crippen molar-refractivity contribution >= 4 is 6.03 Å². The van der Waals surface area contributed by atoms with Gasteiger partial charge in [-0.05, 0) is 36.8 Å². The first kappa shape index (κ1) is 18.0. The summed E-state index contributed by atoms with van der Waals surface area (Å²) in [7, 11) is 0. The van der Waals surface area contributed by atoms with E-state index in [1.165, 1.54) is 11.6 Å². The fourth-order valence-electron chi connectivity index (χ4n) is 3.36. The second-order valence-corrected chi connectivity index (χ2v) is 6.59. The summed E-state index contributed by atoms with van der Waals surface area (Å²) < 4.78 is 13.6. The van der Waals surface area contributed by atoms with Gasteiger partial charge in [0, 0.05) is 31.3 Å². The first-order chi connectivity index (χ1) is 12.5. The van der Waals surface area contributed by atoms with Crippen LogP contribution in [0.4, 0.5) is 9.18 Å². The van der Waals surface area contributed by atoms with Crippen LogP contribution < -0.4 is 5.32 Å². The SMILES string of the molecule is O=C(NCCc1ccccc1)N1CCC(c2cc(F)c(O)cc2O)CC1. The van der Waals surface area contributed by atoms with Crippen LogP contribution in [0, 0.1) is 5.82 Å². The number of benzene rings is 2. The molecule has 0 aromatic heterocycles. The van der Waals surface area contributed by atoms with Crippen molar-refractivity contribution in [1.82, 2.24) is 10.2 Å². The van der Waals surface area contributed by atoms with Crippen LogP contribution in [0.5, 0.6) is 11.5 Å². The van der Waals surface area contributed by atoms with Crippen molar-refractivity contribution in [2.24, 2.45) is 0 Å². The van der Waals surface area contributed by atoms with E-state index in [2.05, 4.69) is 5.32 Å². The second kappa shape index (κ2) is 8.08. The van der Waals surface area contributed by atoms with Crippen LogP contribution in [-0.2, 0) is 6.42 Å². The molecule has 1 aliphatic rings. The second-order valence-electron chi connectivity index (χ2n) is 6.59. The molecule has 0 radical (unpaired) electrons. The zero-order valence-electron chi connectivity index (χ0n) is 14.5. The molecular formula is C20H23FN2O3. The largest absolute Gasteiger partial charge is 0.508 e. The summed E-state index contributed by atoms with van der Waals surface area (Å²) in [5, 5.41) is 22.2. The number of hydrogen-bond donors (Lipinski definition) is 3. The molecule has 26 heavy (non-hydrogen) atoms. The van der Waals surface area contributed by atoms with Gasteiger partial charge in [-0.2, -0.15) is 0 Å². The number of piperidine rings is 1. The maximum atomic E-state index is 13.6. The molecule has 0 aliphatic carbocycles. The van der Waals surface area contributed by atoms with Crippen molar-refractivity contribution in [3.05, 3.63) is 59.4 Å². The molecule has 0 unspecified atom stereocenters. The third-order valence-electron chi connectivity index (χ3n) is 4.85. The van der Waals surface area contributed by atoms with Crippen molar-refractivity contribution in [1.29, 1.82) is 0 Å². The molecule has 3 rings (SSSR count). The molecule has 2 aromatic rings. The van der Waals surface area contributed by atoms with E-state index < -0.39 is 11.6 Å². The number of rotatable bonds is 4. The van der Waals surface area contributed by atoms with Crippen molar-refractivity contribution in [2.75, 3.05) is 19.6 Å². The van der Waals surface area contributed by atoms with Crippen molar-refractivity contribution in [3.63, 3.8) is 0 Å². The zero-order valence-corrected chi connectivity index (χ0v) is 14.5. The summed E-state index contributed by atoms with van der Waals surface area (Å²) >= 11 is 0. The smallest absolute Gasteiger partial charge is 0.317 e. The highest BCUT2D eigenvalue weighted by molar-refractivity contribution is 5.74. The van der Waals surface area contributed by atoms with E-state index in [1.54, 1.807) is 4.90 Å². The number of carbonyl (C=O) groups excluding carboxylic acids is 1. The highest BCUT2D eigenvalue weighted by Gasteiger charge is 2.26. The number of carbonyl (C=O) groups is 1. The maximum absolute atomic E-state index is 13.6. The number of hydrogen-bond acceptors (Lipinski definition) is 3. The topological polar surface area (TPSA) is 72.8 Å². The van der Waals surface area contributed by atoms with E-state index in [1.807, 2.05) is 30.3 Å². The molecule has 0 atom stereocenters. The van der Waals surface area contributed by atoms with E-state index in [-0.39, 0.29) is 17.7 Å². The number of amides is 2. The Morgan fingerprint density at radius 3 is 2.50 bits per heavy atom. The molecule has 2 aromatic carbocycles. The first-order valence-electron chi connectivity index (χ1n) is 8.82. The van der Waals surface area contributed by atoms with Gasteiger partial charge in [0.25, 0.3) is 0 Å². The molecule has 138 valence electrons. The van der Waals surface area contributed by atoms with E-state index >= 15 is 0 Å². The van der Waals surface area contributed by atoms with Gasteiger partial charge in [-0.1, -0.05) is 30.3 Å². The van der Waals surface area contributed by atoms with Gasteiger partial charge >= 0.3 is 6.03 Å². The van der Waals surface area contributed by atoms with Gasteiger partial charge in [0.05, 0.1) is 0 Å². The van der Waals surface area contributed by atoms with Crippen molar-refractivity contribution in [3.8, 4) is 11.5 Å². The van der Waals surface area contributed by atoms with Crippen LogP contribution in [0.3, 0.4) is 0 Å². The van der Waals surface area contributed by atoms with E-state index in [0.29, 0.717) is 38.0 Å². The molecule has 5 nitrogen and oxygen atoms in total. The predicted octanol–water partition coefficient (Wildman–Crippen LogP) is 3.37. The van der Waals surface area contributed by atoms with Crippen LogP contribution in [0.25, 0.3) is 0 Å². The highest BCUT2D eigenvalue weighted by atomic mass is 19.1. The van der Waals surface area contributed by atoms with E-state index in [4.69, 9.17) is 0 Å². The molecule has 0 spiro atoms. The van der Waals surface area contributed by atoms with Crippen LogP contribution in [-0.4, -0.2) is 40.8 Å². The lowest BCUT2D eigenvalue weighted by molar-refractivity contribution is 0.181. The van der Waals surface area contributed by atoms with E-state index in [0.717, 1.165) is 12.5 Å². The monoisotopic (exact) mass is 358 g/mol. The summed E-state index contributed by atoms with van der Waals surface area (Å²) in [5.41, 5.74) is 1.67. The number of nitrogens with zero attached hydrogens (tertiary/aromatic N) is 1. The molecule has 3 N–H and O–H groups in total. The molecule has 2 amide bonds. The van der Waals surface area contributed by atoms with Gasteiger partial charge in [0.15, 0.2) is 11.6 Å². The Morgan fingerprint density at radius 2 is 1.81 bits per heavy atom. The highest BCUT2D eigenvalue weighted by Crippen LogP contribution is 2.36. The average Bonchev–Trinajstić information content (AvgIpc) is 2.66. The van der Waals surface area contributed by atoms with Gasteiger partial charge in [-0.25, -0.2) is 9.18 Å². The molecule has 1 saturated heterocycles. The minimum Gasteiger partial charge on any atom is -0.508 e. The van der Waals surface area contributed by atoms with Crippen LogP contribution in [0.1, 0.15) is 29.9 Å². The molecule has 0 saturated carbocycles. The normalized spacial score (nSPS) is 15.0. The lowest BCUT2D eigenvalue weighted by Gasteiger charge is -2.32. The number of halogens is 1. The minimum atomic E-state index is -0.737. The van der Waals surface area contributed by atoms with Gasteiger partial charge < -0.3 is 20.4 Å². The molecule has 0 bridgehead atoms. The van der Waals surface area contributed by atoms with Crippen LogP contribution in [0.2, 0.25) is 0 Å². The number of phenolic OH excluding ortho intramolecular Hbond substituents is 2. The Balaban J connectivity index is 1.49. The third-order valence-corrected chi connectivity index (χ3v) is 4.85. The van der Waals surface area contributed by atoms with E-state index in [9.17, 15) is 19.4 Å². The lowest BCUT2D eigenvalue weighted by Crippen LogP contribution is -2.44. The Labute approximate surface area is 152 Å². The number of urea groups is 1. The van der Waals surface area contributed by atoms with Gasteiger partial charge in [-0.3, -0.25) is 0 Å². The van der Waals surface area contributed by atoms with Gasteiger partial charge in [-0.15, -0.1) is 0 Å². The zero-order chi connectivity index (χ0) is 18.5. The quantitative estimate of drug-likeness (QED) is 0.785. The predicted molar refractivity (Wildman–Crippen MR) is 96.8 cm³/mol. The molecule has 1 fully saturated rings. The van der Waals surface area contributed by atoms with Gasteiger partial charge in [0.1, 0.15) is 5.75 Å². The van der Waals surface area contributed by atoms with Crippen molar-refractivity contribution in [2.45, 2.75) is 25.2 Å². The summed E-state index contributed by atoms with van der Waals surface area (Å²) in [6.07, 6.45) is 2.07. The minimum absolute atomic E-state index is 0.0292. The third kappa shape index (κ3) is 4.25. The fourth-order valence-corrected chi connectivity index (χ4v) is 3.36. The summed E-state index contributed by atoms with van der Waals surface area (Å²) in [6, 6.07) is 12.1. The Hall–Kier alpha value is -2.76. The van der Waals surface area contributed by atoms with Crippen molar-refractivity contribution < 1.29 is 19.4 Å². The fraction of sp³-hybridized carbons (Fsp3) is 0.350. The van der Waals surface area contributed by atoms with Crippen LogP contribution in [0.15, 0.2) is 42.5 Å². The first-order valence-corrected chi connectivity index (χ1v) is 8.82. The lowest BCUT2D eigenvalue weighted by atomic mass is 9.88. The Kier molecular flexibility index (Phi) is 5.61. The molecule has 6 heteroatoms. The Bertz CT molecular complexity index is 759. The summed E-state index contributed by atoms with van der Waals surface area (Å²) in [6.45, 7) is 1.67. The number of nitrogens with one attached hydrogen (secondary N) is 1. The molecule has 1 heterocycles. The molecule has 1 aliphatic heterocycles. The number of likely N-dealkylation sites (tertiary alicyclic amines) is 1. The summed E-state index contributed by atoms with van der Waals surface area (Å²) in [5.74, 6) is -1.42. The molecular weight excluding hydrogens is 335 g/mol. The Morgan fingerprint density at radius 1 is 1.12 bits per heavy atom. The average molecular weight is 358 g/mol. The maximum Gasteiger partial charge on any atom is 0.317 e.